The van der Waals surface area contributed by atoms with Crippen LogP contribution in [0.15, 0.2) is 42.7 Å². The van der Waals surface area contributed by atoms with Gasteiger partial charge in [-0.15, -0.1) is 0 Å². The molecule has 160 valence electrons. The first kappa shape index (κ1) is 20.7. The molecule has 1 unspecified atom stereocenters. The quantitative estimate of drug-likeness (QED) is 0.753. The van der Waals surface area contributed by atoms with E-state index < -0.39 is 5.97 Å². The lowest BCUT2D eigenvalue weighted by molar-refractivity contribution is 0.0397. The topological polar surface area (TPSA) is 71.9 Å². The predicted molar refractivity (Wildman–Crippen MR) is 115 cm³/mol. The maximum absolute atomic E-state index is 11.1. The summed E-state index contributed by atoms with van der Waals surface area (Å²) in [6.07, 6.45) is 8.66. The lowest BCUT2D eigenvalue weighted by Crippen LogP contribution is -2.38. The zero-order chi connectivity index (χ0) is 20.9. The number of benzene rings is 1. The third kappa shape index (κ3) is 5.11. The van der Waals surface area contributed by atoms with Crippen LogP contribution in [-0.2, 0) is 4.74 Å². The highest BCUT2D eigenvalue weighted by molar-refractivity contribution is 5.87. The Bertz CT molecular complexity index is 847. The van der Waals surface area contributed by atoms with Crippen LogP contribution in [-0.4, -0.2) is 42.4 Å². The van der Waals surface area contributed by atoms with Crippen LogP contribution in [0.1, 0.15) is 54.6 Å². The van der Waals surface area contributed by atoms with Crippen molar-refractivity contribution in [1.82, 2.24) is 4.98 Å². The molecule has 2 fully saturated rings. The molecular weight excluding hydrogens is 380 g/mol. The van der Waals surface area contributed by atoms with Gasteiger partial charge in [0, 0.05) is 19.2 Å². The van der Waals surface area contributed by atoms with Crippen molar-refractivity contribution in [1.29, 1.82) is 0 Å². The fourth-order valence-electron chi connectivity index (χ4n) is 4.29. The van der Waals surface area contributed by atoms with Gasteiger partial charge in [0.1, 0.15) is 11.9 Å². The summed E-state index contributed by atoms with van der Waals surface area (Å²) in [5.41, 5.74) is 2.30. The standard InChI is InChI=1S/C24H30N2O4/c1-17-2-4-18(5-3-17)16-30-22-12-21(13-25-14-22)26-10-11-29-23(15-26)19-6-8-20(9-7-19)24(27)28/h6-9,12-14,17-18,23H,2-5,10-11,15-16H2,1H3,(H,27,28)/t17-,18-,23?. The summed E-state index contributed by atoms with van der Waals surface area (Å²) in [6, 6.07) is 8.99. The van der Waals surface area contributed by atoms with Crippen molar-refractivity contribution in [2.75, 3.05) is 31.2 Å². The molecule has 1 aromatic carbocycles. The van der Waals surface area contributed by atoms with E-state index >= 15 is 0 Å². The van der Waals surface area contributed by atoms with Crippen LogP contribution in [0.4, 0.5) is 5.69 Å². The maximum atomic E-state index is 11.1. The highest BCUT2D eigenvalue weighted by Crippen LogP contribution is 2.30. The average Bonchev–Trinajstić information content (AvgIpc) is 2.79. The third-order valence-corrected chi connectivity index (χ3v) is 6.28. The number of anilines is 1. The minimum absolute atomic E-state index is 0.101. The SMILES string of the molecule is C[C@H]1CC[C@H](COc2cncc(N3CCOC(c4ccc(C(=O)O)cc4)C3)c2)CC1. The van der Waals surface area contributed by atoms with Crippen LogP contribution < -0.4 is 9.64 Å². The number of aromatic nitrogens is 1. The Kier molecular flexibility index (Phi) is 6.53. The maximum Gasteiger partial charge on any atom is 0.335 e. The summed E-state index contributed by atoms with van der Waals surface area (Å²) in [5.74, 6) is 1.39. The fourth-order valence-corrected chi connectivity index (χ4v) is 4.29. The summed E-state index contributed by atoms with van der Waals surface area (Å²) >= 11 is 0. The number of ether oxygens (including phenoxy) is 2. The van der Waals surface area contributed by atoms with Gasteiger partial charge >= 0.3 is 5.97 Å². The minimum Gasteiger partial charge on any atom is -0.492 e. The molecule has 2 heterocycles. The second kappa shape index (κ2) is 9.47. The van der Waals surface area contributed by atoms with E-state index in [0.717, 1.165) is 36.1 Å². The summed E-state index contributed by atoms with van der Waals surface area (Å²) in [4.78, 5) is 17.7. The number of hydrogen-bond acceptors (Lipinski definition) is 5. The summed E-state index contributed by atoms with van der Waals surface area (Å²) in [7, 11) is 0. The zero-order valence-corrected chi connectivity index (χ0v) is 17.5. The molecule has 6 nitrogen and oxygen atoms in total. The second-order valence-corrected chi connectivity index (χ2v) is 8.55. The molecule has 1 saturated carbocycles. The molecule has 0 amide bonds. The van der Waals surface area contributed by atoms with Crippen LogP contribution in [0.3, 0.4) is 0 Å². The van der Waals surface area contributed by atoms with Crippen LogP contribution in [0, 0.1) is 11.8 Å². The van der Waals surface area contributed by atoms with Gasteiger partial charge in [-0.25, -0.2) is 4.79 Å². The first-order chi connectivity index (χ1) is 14.6. The van der Waals surface area contributed by atoms with Crippen LogP contribution in [0.2, 0.25) is 0 Å². The minimum atomic E-state index is -0.918. The molecule has 1 aromatic heterocycles. The zero-order valence-electron chi connectivity index (χ0n) is 17.5. The van der Waals surface area contributed by atoms with Gasteiger partial charge in [0.25, 0.3) is 0 Å². The Morgan fingerprint density at radius 2 is 1.97 bits per heavy atom. The summed E-state index contributed by atoms with van der Waals surface area (Å²) < 4.78 is 12.0. The van der Waals surface area contributed by atoms with Gasteiger partial charge < -0.3 is 19.5 Å². The van der Waals surface area contributed by atoms with Gasteiger partial charge in [-0.1, -0.05) is 31.9 Å². The number of morpholine rings is 1. The largest absolute Gasteiger partial charge is 0.492 e. The molecule has 4 rings (SSSR count). The number of hydrogen-bond donors (Lipinski definition) is 1. The molecule has 1 saturated heterocycles. The van der Waals surface area contributed by atoms with E-state index in [9.17, 15) is 4.79 Å². The average molecular weight is 411 g/mol. The van der Waals surface area contributed by atoms with Gasteiger partial charge in [0.2, 0.25) is 0 Å². The number of pyridine rings is 1. The smallest absolute Gasteiger partial charge is 0.335 e. The van der Waals surface area contributed by atoms with Crippen LogP contribution >= 0.6 is 0 Å². The number of carboxylic acids is 1. The molecule has 1 aliphatic heterocycles. The lowest BCUT2D eigenvalue weighted by atomic mass is 9.83. The van der Waals surface area contributed by atoms with E-state index in [0.29, 0.717) is 19.1 Å². The highest BCUT2D eigenvalue weighted by atomic mass is 16.5. The van der Waals surface area contributed by atoms with Gasteiger partial charge in [0.05, 0.1) is 36.9 Å². The van der Waals surface area contributed by atoms with Gasteiger partial charge in [-0.05, 0) is 42.4 Å². The van der Waals surface area contributed by atoms with Crippen molar-refractivity contribution in [3.05, 3.63) is 53.9 Å². The Balaban J connectivity index is 1.37. The summed E-state index contributed by atoms with van der Waals surface area (Å²) in [5, 5.41) is 9.08. The Hall–Kier alpha value is -2.60. The van der Waals surface area contributed by atoms with Crippen molar-refractivity contribution >= 4 is 11.7 Å². The Morgan fingerprint density at radius 1 is 1.20 bits per heavy atom. The number of rotatable bonds is 6. The number of carboxylic acid groups (broad SMARTS) is 1. The number of aromatic carboxylic acids is 1. The van der Waals surface area contributed by atoms with Crippen molar-refractivity contribution in [2.45, 2.75) is 38.7 Å². The predicted octanol–water partition coefficient (Wildman–Crippen LogP) is 4.56. The molecule has 6 heteroatoms. The molecule has 1 atom stereocenters. The molecular formula is C24H30N2O4. The van der Waals surface area contributed by atoms with E-state index in [4.69, 9.17) is 14.6 Å². The molecule has 2 aliphatic rings. The Morgan fingerprint density at radius 3 is 2.70 bits per heavy atom. The van der Waals surface area contributed by atoms with Crippen LogP contribution in [0.5, 0.6) is 5.75 Å². The third-order valence-electron chi connectivity index (χ3n) is 6.28. The first-order valence-corrected chi connectivity index (χ1v) is 10.9. The van der Waals surface area contributed by atoms with Gasteiger partial charge in [0.15, 0.2) is 0 Å². The number of nitrogens with zero attached hydrogens (tertiary/aromatic N) is 2. The van der Waals surface area contributed by atoms with Crippen LogP contribution in [0.25, 0.3) is 0 Å². The Labute approximate surface area is 177 Å². The molecule has 2 aromatic rings. The normalized spacial score (nSPS) is 24.4. The first-order valence-electron chi connectivity index (χ1n) is 10.9. The van der Waals surface area contributed by atoms with Gasteiger partial charge in [-0.2, -0.15) is 0 Å². The van der Waals surface area contributed by atoms with E-state index in [1.54, 1.807) is 18.3 Å². The van der Waals surface area contributed by atoms with Crippen molar-refractivity contribution in [2.24, 2.45) is 11.8 Å². The van der Waals surface area contributed by atoms with E-state index in [-0.39, 0.29) is 11.7 Å². The molecule has 1 aliphatic carbocycles. The van der Waals surface area contributed by atoms with E-state index in [1.807, 2.05) is 18.3 Å². The molecule has 1 N–H and O–H groups in total. The highest BCUT2D eigenvalue weighted by Gasteiger charge is 2.23. The van der Waals surface area contributed by atoms with Crippen molar-refractivity contribution < 1.29 is 19.4 Å². The molecule has 0 radical (unpaired) electrons. The van der Waals surface area contributed by atoms with Gasteiger partial charge in [-0.3, -0.25) is 4.98 Å². The molecule has 30 heavy (non-hydrogen) atoms. The van der Waals surface area contributed by atoms with Crippen molar-refractivity contribution in [3.63, 3.8) is 0 Å². The summed E-state index contributed by atoms with van der Waals surface area (Å²) in [6.45, 7) is 5.18. The lowest BCUT2D eigenvalue weighted by Gasteiger charge is -2.34. The molecule has 0 spiro atoms. The number of carbonyl (C=O) groups is 1. The fraction of sp³-hybridized carbons (Fsp3) is 0.500. The second-order valence-electron chi connectivity index (χ2n) is 8.55. The van der Waals surface area contributed by atoms with E-state index in [2.05, 4.69) is 22.9 Å². The monoisotopic (exact) mass is 410 g/mol. The van der Waals surface area contributed by atoms with E-state index in [1.165, 1.54) is 25.7 Å². The van der Waals surface area contributed by atoms with Crippen molar-refractivity contribution in [3.8, 4) is 5.75 Å². The molecule has 0 bridgehead atoms.